The average Bonchev–Trinajstić information content (AvgIpc) is 3.53. The summed E-state index contributed by atoms with van der Waals surface area (Å²) >= 11 is 1.56. The molecule has 3 aliphatic rings. The highest BCUT2D eigenvalue weighted by Gasteiger charge is 2.26. The Labute approximate surface area is 227 Å². The minimum atomic E-state index is -0.0505. The molecular weight excluding hydrogens is 498 g/mol. The van der Waals surface area contributed by atoms with Crippen molar-refractivity contribution in [3.63, 3.8) is 0 Å². The molecule has 38 heavy (non-hydrogen) atoms. The molecule has 4 heterocycles. The number of nitriles is 1. The maximum atomic E-state index is 12.9. The second-order valence-electron chi connectivity index (χ2n) is 10.1. The highest BCUT2D eigenvalue weighted by atomic mass is 32.1. The molecule has 0 spiro atoms. The number of carbonyl (C=O) groups excluding carboxylic acids is 1. The maximum absolute atomic E-state index is 12.9. The number of hydrogen-bond donors (Lipinski definition) is 1. The van der Waals surface area contributed by atoms with Crippen molar-refractivity contribution < 1.29 is 14.3 Å². The fourth-order valence-electron chi connectivity index (χ4n) is 5.41. The molecule has 3 aromatic rings. The first-order chi connectivity index (χ1) is 18.6. The Bertz CT molecular complexity index is 1340. The van der Waals surface area contributed by atoms with Crippen LogP contribution in [0.2, 0.25) is 0 Å². The van der Waals surface area contributed by atoms with Gasteiger partial charge in [-0.15, -0.1) is 11.3 Å². The molecule has 1 N–H and O–H groups in total. The van der Waals surface area contributed by atoms with Crippen LogP contribution < -0.4 is 14.8 Å². The summed E-state index contributed by atoms with van der Waals surface area (Å²) in [6.07, 6.45) is 0.836. The van der Waals surface area contributed by atoms with Gasteiger partial charge < -0.3 is 14.8 Å². The zero-order valence-electron chi connectivity index (χ0n) is 21.3. The molecule has 0 aliphatic carbocycles. The van der Waals surface area contributed by atoms with Crippen molar-refractivity contribution in [2.75, 3.05) is 51.4 Å². The van der Waals surface area contributed by atoms with E-state index >= 15 is 0 Å². The number of thiophene rings is 1. The molecule has 1 amide bonds. The van der Waals surface area contributed by atoms with Gasteiger partial charge in [-0.2, -0.15) is 5.26 Å². The lowest BCUT2D eigenvalue weighted by Crippen LogP contribution is -2.48. The Morgan fingerprint density at radius 1 is 0.921 bits per heavy atom. The van der Waals surface area contributed by atoms with E-state index in [1.807, 2.05) is 12.1 Å². The molecule has 0 bridgehead atoms. The smallest absolute Gasteiger partial charge is 0.239 e. The van der Waals surface area contributed by atoms with Crippen molar-refractivity contribution in [3.8, 4) is 17.6 Å². The monoisotopic (exact) mass is 529 g/mol. The van der Waals surface area contributed by atoms with Crippen LogP contribution in [0.15, 0.2) is 48.5 Å². The molecule has 1 aromatic heterocycles. The fraction of sp³-hybridized carbons (Fsp3) is 0.379. The van der Waals surface area contributed by atoms with E-state index < -0.39 is 0 Å². The van der Waals surface area contributed by atoms with Crippen LogP contribution in [-0.4, -0.2) is 66.7 Å². The van der Waals surface area contributed by atoms with E-state index in [0.29, 0.717) is 17.1 Å². The molecule has 1 fully saturated rings. The largest absolute Gasteiger partial charge is 0.454 e. The van der Waals surface area contributed by atoms with Gasteiger partial charge in [-0.1, -0.05) is 36.4 Å². The van der Waals surface area contributed by atoms with Crippen LogP contribution >= 0.6 is 11.3 Å². The first-order valence-electron chi connectivity index (χ1n) is 13.1. The predicted molar refractivity (Wildman–Crippen MR) is 146 cm³/mol. The summed E-state index contributed by atoms with van der Waals surface area (Å²) in [6, 6.07) is 18.9. The summed E-state index contributed by atoms with van der Waals surface area (Å²) in [6.45, 7) is 7.55. The molecular formula is C29H31N5O3S. The highest BCUT2D eigenvalue weighted by molar-refractivity contribution is 7.16. The number of amides is 1. The molecule has 0 saturated carbocycles. The summed E-state index contributed by atoms with van der Waals surface area (Å²) in [5, 5.41) is 13.6. The van der Waals surface area contributed by atoms with E-state index in [-0.39, 0.29) is 12.7 Å². The van der Waals surface area contributed by atoms with E-state index in [1.165, 1.54) is 16.0 Å². The van der Waals surface area contributed by atoms with Crippen molar-refractivity contribution in [3.05, 3.63) is 75.7 Å². The molecule has 8 nitrogen and oxygen atoms in total. The molecule has 2 aromatic carbocycles. The van der Waals surface area contributed by atoms with Gasteiger partial charge in [0, 0.05) is 57.2 Å². The van der Waals surface area contributed by atoms with Crippen molar-refractivity contribution in [1.29, 1.82) is 5.26 Å². The molecule has 9 heteroatoms. The van der Waals surface area contributed by atoms with Crippen LogP contribution in [0.25, 0.3) is 0 Å². The van der Waals surface area contributed by atoms with Crippen LogP contribution in [0.4, 0.5) is 5.00 Å². The number of benzene rings is 2. The van der Waals surface area contributed by atoms with E-state index in [0.717, 1.165) is 75.8 Å². The van der Waals surface area contributed by atoms with Gasteiger partial charge in [0.2, 0.25) is 12.7 Å². The van der Waals surface area contributed by atoms with Gasteiger partial charge in [0.25, 0.3) is 0 Å². The maximum Gasteiger partial charge on any atom is 0.239 e. The SMILES string of the molecule is N#Cc1c(NC(=O)CN2CCN(Cc3ccc4c(c3)OCO4)CC2)sc2c1CCN(Cc1ccccc1)C2. The molecule has 1 saturated heterocycles. The van der Waals surface area contributed by atoms with Gasteiger partial charge in [0.1, 0.15) is 11.1 Å². The lowest BCUT2D eigenvalue weighted by molar-refractivity contribution is -0.117. The van der Waals surface area contributed by atoms with Crippen LogP contribution in [0.3, 0.4) is 0 Å². The van der Waals surface area contributed by atoms with Crippen molar-refractivity contribution >= 4 is 22.2 Å². The lowest BCUT2D eigenvalue weighted by atomic mass is 10.0. The topological polar surface area (TPSA) is 81.1 Å². The number of carbonyl (C=O) groups is 1. The zero-order valence-corrected chi connectivity index (χ0v) is 22.1. The molecule has 196 valence electrons. The first kappa shape index (κ1) is 24.9. The third kappa shape index (κ3) is 5.54. The zero-order chi connectivity index (χ0) is 25.9. The Kier molecular flexibility index (Phi) is 7.29. The van der Waals surface area contributed by atoms with Gasteiger partial charge in [-0.25, -0.2) is 0 Å². The Morgan fingerprint density at radius 3 is 2.50 bits per heavy atom. The Morgan fingerprint density at radius 2 is 1.68 bits per heavy atom. The molecule has 0 atom stereocenters. The van der Waals surface area contributed by atoms with E-state index in [9.17, 15) is 10.1 Å². The normalized spacial score (nSPS) is 17.7. The van der Waals surface area contributed by atoms with Gasteiger partial charge >= 0.3 is 0 Å². The van der Waals surface area contributed by atoms with Gasteiger partial charge in [-0.3, -0.25) is 19.5 Å². The van der Waals surface area contributed by atoms with E-state index in [2.05, 4.69) is 62.5 Å². The third-order valence-electron chi connectivity index (χ3n) is 7.42. The third-order valence-corrected chi connectivity index (χ3v) is 8.56. The molecule has 6 rings (SSSR count). The van der Waals surface area contributed by atoms with Gasteiger partial charge in [0.05, 0.1) is 12.1 Å². The average molecular weight is 530 g/mol. The minimum absolute atomic E-state index is 0.0505. The number of hydrogen-bond acceptors (Lipinski definition) is 8. The van der Waals surface area contributed by atoms with E-state index in [1.54, 1.807) is 11.3 Å². The number of nitrogens with zero attached hydrogens (tertiary/aromatic N) is 4. The van der Waals surface area contributed by atoms with E-state index in [4.69, 9.17) is 9.47 Å². The first-order valence-corrected chi connectivity index (χ1v) is 13.9. The number of fused-ring (bicyclic) bond motifs is 2. The standard InChI is InChI=1S/C29H31N5O3S/c30-15-24-23-8-9-34(16-21-4-2-1-3-5-21)18-27(23)38-29(24)31-28(35)19-33-12-10-32(11-13-33)17-22-6-7-25-26(14-22)37-20-36-25/h1-7,14H,8-13,16-20H2,(H,31,35). The quantitative estimate of drug-likeness (QED) is 0.500. The van der Waals surface area contributed by atoms with Gasteiger partial charge in [0.15, 0.2) is 11.5 Å². The van der Waals surface area contributed by atoms with Crippen LogP contribution in [0.5, 0.6) is 11.5 Å². The Hall–Kier alpha value is -3.42. The minimum Gasteiger partial charge on any atom is -0.454 e. The Balaban J connectivity index is 1.01. The van der Waals surface area contributed by atoms with Crippen molar-refractivity contribution in [2.45, 2.75) is 26.1 Å². The number of piperazine rings is 1. The highest BCUT2D eigenvalue weighted by Crippen LogP contribution is 2.37. The van der Waals surface area contributed by atoms with Crippen LogP contribution in [-0.2, 0) is 30.8 Å². The second-order valence-corrected chi connectivity index (χ2v) is 11.2. The van der Waals surface area contributed by atoms with Gasteiger partial charge in [-0.05, 0) is 35.2 Å². The number of ether oxygens (including phenoxy) is 2. The van der Waals surface area contributed by atoms with Crippen molar-refractivity contribution in [2.24, 2.45) is 0 Å². The van der Waals surface area contributed by atoms with Crippen molar-refractivity contribution in [1.82, 2.24) is 14.7 Å². The molecule has 3 aliphatic heterocycles. The molecule has 0 unspecified atom stereocenters. The number of anilines is 1. The van der Waals surface area contributed by atoms with Crippen LogP contribution in [0, 0.1) is 11.3 Å². The molecule has 0 radical (unpaired) electrons. The number of rotatable bonds is 7. The summed E-state index contributed by atoms with van der Waals surface area (Å²) in [5.41, 5.74) is 4.24. The predicted octanol–water partition coefficient (Wildman–Crippen LogP) is 3.66. The number of nitrogens with one attached hydrogen (secondary N) is 1. The van der Waals surface area contributed by atoms with Crippen LogP contribution in [0.1, 0.15) is 27.1 Å². The lowest BCUT2D eigenvalue weighted by Gasteiger charge is -2.34. The summed E-state index contributed by atoms with van der Waals surface area (Å²) in [7, 11) is 0. The summed E-state index contributed by atoms with van der Waals surface area (Å²) in [5.74, 6) is 1.57. The summed E-state index contributed by atoms with van der Waals surface area (Å²) < 4.78 is 10.9. The fourth-order valence-corrected chi connectivity index (χ4v) is 6.67. The summed E-state index contributed by atoms with van der Waals surface area (Å²) in [4.78, 5) is 21.1. The second kappa shape index (κ2) is 11.1.